The van der Waals surface area contributed by atoms with Gasteiger partial charge >= 0.3 is 0 Å². The fourth-order valence-corrected chi connectivity index (χ4v) is 2.65. The summed E-state index contributed by atoms with van der Waals surface area (Å²) in [4.78, 5) is 2.38. The average Bonchev–Trinajstić information content (AvgIpc) is 2.37. The highest BCUT2D eigenvalue weighted by Gasteiger charge is 2.29. The van der Waals surface area contributed by atoms with E-state index in [1.807, 2.05) is 12.1 Å². The number of benzene rings is 1. The van der Waals surface area contributed by atoms with E-state index >= 15 is 0 Å². The van der Waals surface area contributed by atoms with E-state index in [1.54, 1.807) is 14.2 Å². The first kappa shape index (κ1) is 14.2. The molecule has 0 aliphatic heterocycles. The lowest BCUT2D eigenvalue weighted by molar-refractivity contribution is 0.112. The van der Waals surface area contributed by atoms with Crippen LogP contribution in [0.3, 0.4) is 0 Å². The minimum atomic E-state index is 0.200. The van der Waals surface area contributed by atoms with Crippen molar-refractivity contribution in [2.45, 2.75) is 31.3 Å². The summed E-state index contributed by atoms with van der Waals surface area (Å²) in [5.74, 6) is 1.66. The third-order valence-corrected chi connectivity index (χ3v) is 4.17. The van der Waals surface area contributed by atoms with Crippen LogP contribution in [0.15, 0.2) is 18.2 Å². The van der Waals surface area contributed by atoms with Crippen LogP contribution in [0.1, 0.15) is 30.9 Å². The van der Waals surface area contributed by atoms with Crippen molar-refractivity contribution in [3.63, 3.8) is 0 Å². The fourth-order valence-electron chi connectivity index (χ4n) is 2.65. The summed E-state index contributed by atoms with van der Waals surface area (Å²) in [6.07, 6.45) is 3.86. The topological polar surface area (TPSA) is 47.7 Å². The van der Waals surface area contributed by atoms with Gasteiger partial charge in [-0.3, -0.25) is 4.90 Å². The highest BCUT2D eigenvalue weighted by Crippen LogP contribution is 2.35. The number of likely N-dealkylation sites (N-methyl/N-ethyl adjacent to an activating group) is 1. The first-order valence-electron chi connectivity index (χ1n) is 6.85. The van der Waals surface area contributed by atoms with Crippen molar-refractivity contribution in [2.24, 2.45) is 5.73 Å². The summed E-state index contributed by atoms with van der Waals surface area (Å²) >= 11 is 0. The Bertz CT molecular complexity index is 419. The Kier molecular flexibility index (Phi) is 4.66. The molecule has 4 nitrogen and oxygen atoms in total. The molecule has 19 heavy (non-hydrogen) atoms. The Morgan fingerprint density at radius 1 is 1.32 bits per heavy atom. The largest absolute Gasteiger partial charge is 0.497 e. The lowest BCUT2D eigenvalue weighted by atomic mass is 9.89. The van der Waals surface area contributed by atoms with Crippen LogP contribution in [0, 0.1) is 0 Å². The normalized spacial score (nSPS) is 17.1. The van der Waals surface area contributed by atoms with E-state index in [9.17, 15) is 0 Å². The van der Waals surface area contributed by atoms with Gasteiger partial charge in [0, 0.05) is 24.2 Å². The predicted octanol–water partition coefficient (Wildman–Crippen LogP) is 2.19. The van der Waals surface area contributed by atoms with Crippen LogP contribution in [-0.2, 0) is 0 Å². The van der Waals surface area contributed by atoms with E-state index in [0.29, 0.717) is 12.6 Å². The molecule has 1 unspecified atom stereocenters. The van der Waals surface area contributed by atoms with E-state index in [-0.39, 0.29) is 6.04 Å². The van der Waals surface area contributed by atoms with Gasteiger partial charge < -0.3 is 15.2 Å². The summed E-state index contributed by atoms with van der Waals surface area (Å²) in [5, 5.41) is 0. The maximum atomic E-state index is 5.99. The molecule has 0 radical (unpaired) electrons. The zero-order valence-corrected chi connectivity index (χ0v) is 12.1. The quantitative estimate of drug-likeness (QED) is 0.855. The van der Waals surface area contributed by atoms with E-state index in [2.05, 4.69) is 18.0 Å². The zero-order valence-electron chi connectivity index (χ0n) is 12.1. The maximum absolute atomic E-state index is 5.99. The van der Waals surface area contributed by atoms with Crippen LogP contribution in [-0.4, -0.2) is 38.8 Å². The van der Waals surface area contributed by atoms with E-state index in [0.717, 1.165) is 17.1 Å². The monoisotopic (exact) mass is 264 g/mol. The molecule has 0 spiro atoms. The van der Waals surface area contributed by atoms with Crippen molar-refractivity contribution in [2.75, 3.05) is 27.8 Å². The summed E-state index contributed by atoms with van der Waals surface area (Å²) in [6, 6.07) is 6.80. The van der Waals surface area contributed by atoms with E-state index < -0.39 is 0 Å². The molecule has 0 heterocycles. The van der Waals surface area contributed by atoms with E-state index in [1.165, 1.54) is 19.3 Å². The minimum absolute atomic E-state index is 0.200. The molecular weight excluding hydrogens is 240 g/mol. The number of hydrogen-bond acceptors (Lipinski definition) is 4. The fraction of sp³-hybridized carbons (Fsp3) is 0.600. The van der Waals surface area contributed by atoms with Crippen molar-refractivity contribution in [3.8, 4) is 11.5 Å². The second-order valence-corrected chi connectivity index (χ2v) is 5.11. The van der Waals surface area contributed by atoms with Crippen LogP contribution < -0.4 is 15.2 Å². The molecule has 1 atom stereocenters. The summed E-state index contributed by atoms with van der Waals surface area (Å²) in [5.41, 5.74) is 7.13. The van der Waals surface area contributed by atoms with Crippen LogP contribution in [0.5, 0.6) is 11.5 Å². The molecule has 1 fully saturated rings. The van der Waals surface area contributed by atoms with Crippen molar-refractivity contribution >= 4 is 0 Å². The van der Waals surface area contributed by atoms with Gasteiger partial charge in [-0.2, -0.15) is 0 Å². The molecule has 2 N–H and O–H groups in total. The average molecular weight is 264 g/mol. The molecule has 4 heteroatoms. The SMILES string of the molecule is COc1ccc(C(CN)N(C)C2CCC2)c(OC)c1. The number of nitrogens with two attached hydrogens (primary N) is 1. The Balaban J connectivity index is 2.26. The van der Waals surface area contributed by atoms with Gasteiger partial charge in [-0.05, 0) is 26.0 Å². The minimum Gasteiger partial charge on any atom is -0.497 e. The molecule has 0 amide bonds. The van der Waals surface area contributed by atoms with Crippen LogP contribution >= 0.6 is 0 Å². The molecule has 0 saturated heterocycles. The first-order chi connectivity index (χ1) is 9.21. The van der Waals surface area contributed by atoms with Crippen molar-refractivity contribution in [1.29, 1.82) is 0 Å². The van der Waals surface area contributed by atoms with Gasteiger partial charge in [0.25, 0.3) is 0 Å². The molecule has 1 aromatic carbocycles. The molecule has 0 aromatic heterocycles. The Morgan fingerprint density at radius 3 is 2.53 bits per heavy atom. The number of nitrogens with zero attached hydrogens (tertiary/aromatic N) is 1. The highest BCUT2D eigenvalue weighted by molar-refractivity contribution is 5.42. The lowest BCUT2D eigenvalue weighted by Crippen LogP contribution is -2.42. The van der Waals surface area contributed by atoms with Gasteiger partial charge in [-0.1, -0.05) is 12.5 Å². The van der Waals surface area contributed by atoms with Crippen molar-refractivity contribution in [3.05, 3.63) is 23.8 Å². The number of rotatable bonds is 6. The molecule has 106 valence electrons. The van der Waals surface area contributed by atoms with Crippen LogP contribution in [0.25, 0.3) is 0 Å². The lowest BCUT2D eigenvalue weighted by Gasteiger charge is -2.40. The van der Waals surface area contributed by atoms with Gasteiger partial charge in [0.2, 0.25) is 0 Å². The molecule has 0 bridgehead atoms. The molecule has 1 saturated carbocycles. The third-order valence-electron chi connectivity index (χ3n) is 4.17. The van der Waals surface area contributed by atoms with Gasteiger partial charge in [0.05, 0.1) is 20.3 Å². The Morgan fingerprint density at radius 2 is 2.05 bits per heavy atom. The van der Waals surface area contributed by atoms with E-state index in [4.69, 9.17) is 15.2 Å². The summed E-state index contributed by atoms with van der Waals surface area (Å²) in [7, 11) is 5.51. The number of ether oxygens (including phenoxy) is 2. The second-order valence-electron chi connectivity index (χ2n) is 5.11. The van der Waals surface area contributed by atoms with Gasteiger partial charge in [-0.25, -0.2) is 0 Å². The maximum Gasteiger partial charge on any atom is 0.127 e. The second kappa shape index (κ2) is 6.26. The Labute approximate surface area is 115 Å². The summed E-state index contributed by atoms with van der Waals surface area (Å²) in [6.45, 7) is 0.593. The number of methoxy groups -OCH3 is 2. The van der Waals surface area contributed by atoms with Gasteiger partial charge in [-0.15, -0.1) is 0 Å². The van der Waals surface area contributed by atoms with Gasteiger partial charge in [0.15, 0.2) is 0 Å². The molecule has 1 aliphatic carbocycles. The molecular formula is C15H24N2O2. The molecule has 1 aromatic rings. The number of hydrogen-bond donors (Lipinski definition) is 1. The van der Waals surface area contributed by atoms with Crippen LogP contribution in [0.4, 0.5) is 0 Å². The molecule has 1 aliphatic rings. The first-order valence-corrected chi connectivity index (χ1v) is 6.85. The highest BCUT2D eigenvalue weighted by atomic mass is 16.5. The van der Waals surface area contributed by atoms with Crippen LogP contribution in [0.2, 0.25) is 0 Å². The summed E-state index contributed by atoms with van der Waals surface area (Å²) < 4.78 is 10.7. The standard InChI is InChI=1S/C15H24N2O2/c1-17(11-5-4-6-11)14(10-16)13-8-7-12(18-2)9-15(13)19-3/h7-9,11,14H,4-6,10,16H2,1-3H3. The third kappa shape index (κ3) is 2.85. The predicted molar refractivity (Wildman–Crippen MR) is 76.7 cm³/mol. The Hall–Kier alpha value is -1.26. The van der Waals surface area contributed by atoms with Gasteiger partial charge in [0.1, 0.15) is 11.5 Å². The molecule has 2 rings (SSSR count). The van der Waals surface area contributed by atoms with Crippen molar-refractivity contribution in [1.82, 2.24) is 4.90 Å². The smallest absolute Gasteiger partial charge is 0.127 e. The van der Waals surface area contributed by atoms with Crippen molar-refractivity contribution < 1.29 is 9.47 Å². The zero-order chi connectivity index (χ0) is 13.8.